The molecule has 0 N–H and O–H groups in total. The van der Waals surface area contributed by atoms with Gasteiger partial charge < -0.3 is 0 Å². The Bertz CT molecular complexity index is 2390. The van der Waals surface area contributed by atoms with Gasteiger partial charge in [-0.3, -0.25) is 0 Å². The maximum absolute atomic E-state index is 2.40. The Morgan fingerprint density at radius 2 is 0.844 bits per heavy atom. The van der Waals surface area contributed by atoms with Gasteiger partial charge in [0.2, 0.25) is 0 Å². The van der Waals surface area contributed by atoms with E-state index in [1.54, 1.807) is 0 Å². The van der Waals surface area contributed by atoms with Crippen LogP contribution in [0, 0.1) is 0 Å². The highest BCUT2D eigenvalue weighted by molar-refractivity contribution is 6.21. The van der Waals surface area contributed by atoms with Crippen molar-refractivity contribution >= 4 is 32.3 Å². The first kappa shape index (κ1) is 26.0. The Hall–Kier alpha value is -5.46. The van der Waals surface area contributed by atoms with Gasteiger partial charge in [0.1, 0.15) is 0 Å². The van der Waals surface area contributed by atoms with E-state index in [9.17, 15) is 0 Å². The highest BCUT2D eigenvalue weighted by Crippen LogP contribution is 2.52. The lowest BCUT2D eigenvalue weighted by molar-refractivity contribution is 0.666. The Morgan fingerprint density at radius 1 is 0.333 bits per heavy atom. The Labute approximate surface area is 264 Å². The van der Waals surface area contributed by atoms with Gasteiger partial charge in [0, 0.05) is 5.41 Å². The third-order valence-corrected chi connectivity index (χ3v) is 10.0. The van der Waals surface area contributed by atoms with Crippen molar-refractivity contribution in [1.29, 1.82) is 0 Å². The zero-order valence-electron chi connectivity index (χ0n) is 25.5. The largest absolute Gasteiger partial charge is 0.0622 e. The van der Waals surface area contributed by atoms with E-state index in [2.05, 4.69) is 172 Å². The molecule has 1 aliphatic carbocycles. The minimum atomic E-state index is -0.0514. The van der Waals surface area contributed by atoms with Gasteiger partial charge in [-0.2, -0.15) is 0 Å². The Kier molecular flexibility index (Phi) is 5.64. The number of hydrogen-bond acceptors (Lipinski definition) is 0. The molecule has 45 heavy (non-hydrogen) atoms. The molecule has 0 aliphatic heterocycles. The molecule has 0 atom stereocenters. The maximum Gasteiger partial charge on any atom is 0.0165 e. The second-order valence-electron chi connectivity index (χ2n) is 12.8. The van der Waals surface area contributed by atoms with Gasteiger partial charge in [-0.05, 0) is 94.0 Å². The molecule has 0 fully saturated rings. The predicted octanol–water partition coefficient (Wildman–Crippen LogP) is 12.5. The van der Waals surface area contributed by atoms with Crippen LogP contribution in [0.4, 0.5) is 0 Å². The third-order valence-electron chi connectivity index (χ3n) is 10.0. The summed E-state index contributed by atoms with van der Waals surface area (Å²) in [5.41, 5.74) is 13.1. The van der Waals surface area contributed by atoms with Crippen molar-refractivity contribution in [3.63, 3.8) is 0 Å². The molecular weight excluding hydrogens is 540 g/mol. The lowest BCUT2D eigenvalue weighted by Crippen LogP contribution is -2.15. The van der Waals surface area contributed by atoms with Crippen LogP contribution < -0.4 is 0 Å². The molecule has 0 saturated heterocycles. The first-order valence-electron chi connectivity index (χ1n) is 15.9. The lowest BCUT2D eigenvalue weighted by Gasteiger charge is -2.23. The second kappa shape index (κ2) is 9.78. The van der Waals surface area contributed by atoms with Gasteiger partial charge in [0.25, 0.3) is 0 Å². The third kappa shape index (κ3) is 3.79. The summed E-state index contributed by atoms with van der Waals surface area (Å²) in [5, 5.41) is 7.78. The molecule has 1 aliphatic rings. The molecule has 212 valence electrons. The molecule has 8 aromatic rings. The van der Waals surface area contributed by atoms with Gasteiger partial charge in [0.05, 0.1) is 0 Å². The van der Waals surface area contributed by atoms with E-state index in [0.717, 1.165) is 0 Å². The van der Waals surface area contributed by atoms with Crippen LogP contribution in [0.5, 0.6) is 0 Å². The van der Waals surface area contributed by atoms with Gasteiger partial charge in [0.15, 0.2) is 0 Å². The van der Waals surface area contributed by atoms with E-state index in [1.807, 2.05) is 0 Å². The van der Waals surface area contributed by atoms with Gasteiger partial charge in [-0.15, -0.1) is 0 Å². The van der Waals surface area contributed by atoms with Crippen molar-refractivity contribution in [2.75, 3.05) is 0 Å². The second-order valence-corrected chi connectivity index (χ2v) is 12.8. The molecule has 0 saturated carbocycles. The summed E-state index contributed by atoms with van der Waals surface area (Å²) in [6.07, 6.45) is 0. The van der Waals surface area contributed by atoms with Gasteiger partial charge >= 0.3 is 0 Å². The topological polar surface area (TPSA) is 0 Å². The van der Waals surface area contributed by atoms with Gasteiger partial charge in [-0.25, -0.2) is 0 Å². The van der Waals surface area contributed by atoms with Crippen molar-refractivity contribution in [3.05, 3.63) is 169 Å². The van der Waals surface area contributed by atoms with E-state index in [1.165, 1.54) is 88.0 Å². The summed E-state index contributed by atoms with van der Waals surface area (Å²) >= 11 is 0. The molecule has 0 unspecified atom stereocenters. The summed E-state index contributed by atoms with van der Waals surface area (Å²) in [6.45, 7) is 4.75. The molecule has 0 spiro atoms. The van der Waals surface area contributed by atoms with E-state index < -0.39 is 0 Å². The van der Waals surface area contributed by atoms with Gasteiger partial charge in [-0.1, -0.05) is 166 Å². The normalized spacial score (nSPS) is 13.3. The Morgan fingerprint density at radius 3 is 1.56 bits per heavy atom. The summed E-state index contributed by atoms with van der Waals surface area (Å²) < 4.78 is 0. The van der Waals surface area contributed by atoms with Crippen LogP contribution in [-0.4, -0.2) is 0 Å². The fourth-order valence-electron chi connectivity index (χ4n) is 8.10. The van der Waals surface area contributed by atoms with Crippen LogP contribution in [0.15, 0.2) is 158 Å². The zero-order chi connectivity index (χ0) is 30.1. The molecule has 0 radical (unpaired) electrons. The number of rotatable bonds is 3. The summed E-state index contributed by atoms with van der Waals surface area (Å²) in [4.78, 5) is 0. The molecule has 0 aromatic heterocycles. The average Bonchev–Trinajstić information content (AvgIpc) is 3.33. The Balaban J connectivity index is 1.28. The first-order valence-corrected chi connectivity index (χ1v) is 15.9. The average molecular weight is 573 g/mol. The number of hydrogen-bond donors (Lipinski definition) is 0. The van der Waals surface area contributed by atoms with Crippen molar-refractivity contribution in [2.24, 2.45) is 0 Å². The fourth-order valence-corrected chi connectivity index (χ4v) is 8.10. The van der Waals surface area contributed by atoms with Crippen molar-refractivity contribution in [1.82, 2.24) is 0 Å². The smallest absolute Gasteiger partial charge is 0.0165 e. The van der Waals surface area contributed by atoms with Crippen molar-refractivity contribution in [2.45, 2.75) is 19.3 Å². The molecular formula is C45H32. The van der Waals surface area contributed by atoms with E-state index in [4.69, 9.17) is 0 Å². The van der Waals surface area contributed by atoms with Crippen LogP contribution in [-0.2, 0) is 5.41 Å². The standard InChI is InChI=1S/C45H32/c1-45(2)41-25-11-10-18-34(41)40-27-26-33-32(23-13-24-39(33)44(40)45)30-16-12-17-31(28-30)43-37-21-8-6-19-35(37)42(29-14-4-3-5-15-29)36-20-7-9-22-38(36)43/h3-28H,1-2H3. The van der Waals surface area contributed by atoms with Crippen molar-refractivity contribution < 1.29 is 0 Å². The predicted molar refractivity (Wildman–Crippen MR) is 193 cm³/mol. The molecule has 9 rings (SSSR count). The summed E-state index contributed by atoms with van der Waals surface area (Å²) in [5.74, 6) is 0. The molecule has 0 amide bonds. The zero-order valence-corrected chi connectivity index (χ0v) is 25.5. The number of fused-ring (bicyclic) bond motifs is 7. The van der Waals surface area contributed by atoms with Crippen molar-refractivity contribution in [3.8, 4) is 44.5 Å². The lowest BCUT2D eigenvalue weighted by atomic mass is 9.79. The maximum atomic E-state index is 2.40. The molecule has 0 nitrogen and oxygen atoms in total. The minimum absolute atomic E-state index is 0.0514. The molecule has 0 heterocycles. The highest BCUT2D eigenvalue weighted by Gasteiger charge is 2.36. The van der Waals surface area contributed by atoms with E-state index >= 15 is 0 Å². The summed E-state index contributed by atoms with van der Waals surface area (Å²) in [7, 11) is 0. The number of benzene rings is 8. The van der Waals surface area contributed by atoms with E-state index in [0.29, 0.717) is 0 Å². The monoisotopic (exact) mass is 572 g/mol. The van der Waals surface area contributed by atoms with E-state index in [-0.39, 0.29) is 5.41 Å². The molecule has 8 aromatic carbocycles. The quantitative estimate of drug-likeness (QED) is 0.185. The SMILES string of the molecule is CC1(C)c2ccccc2-c2ccc3c(-c4cccc(-c5c6ccccc6c(-c6ccccc6)c6ccccc56)c4)cccc3c21. The highest BCUT2D eigenvalue weighted by atomic mass is 14.4. The van der Waals surface area contributed by atoms with Crippen LogP contribution in [0.3, 0.4) is 0 Å². The van der Waals surface area contributed by atoms with Crippen LogP contribution in [0.1, 0.15) is 25.0 Å². The first-order chi connectivity index (χ1) is 22.1. The summed E-state index contributed by atoms with van der Waals surface area (Å²) in [6, 6.07) is 58.3. The fraction of sp³-hybridized carbons (Fsp3) is 0.0667. The molecule has 0 heteroatoms. The molecule has 0 bridgehead atoms. The van der Waals surface area contributed by atoms with Crippen LogP contribution in [0.25, 0.3) is 76.8 Å². The minimum Gasteiger partial charge on any atom is -0.0622 e. The van der Waals surface area contributed by atoms with Crippen LogP contribution in [0.2, 0.25) is 0 Å². The van der Waals surface area contributed by atoms with Crippen LogP contribution >= 0.6 is 0 Å².